The van der Waals surface area contributed by atoms with Crippen LogP contribution in [0, 0.1) is 13.8 Å². The van der Waals surface area contributed by atoms with Crippen LogP contribution in [0.15, 0.2) is 18.2 Å². The summed E-state index contributed by atoms with van der Waals surface area (Å²) in [5.74, 6) is -0.761. The fourth-order valence-electron chi connectivity index (χ4n) is 3.47. The SMILES string of the molecule is Cc1ccc(C(C)NC(=O)CN2CCC(N(C)CC(=O)O)CC2)cc1C.Cl. The number of hydrogen-bond acceptors (Lipinski definition) is 4. The maximum Gasteiger partial charge on any atom is 0.317 e. The summed E-state index contributed by atoms with van der Waals surface area (Å²) in [4.78, 5) is 27.2. The third-order valence-corrected chi connectivity index (χ3v) is 5.34. The Morgan fingerprint density at radius 3 is 2.44 bits per heavy atom. The smallest absolute Gasteiger partial charge is 0.317 e. The number of nitrogens with one attached hydrogen (secondary N) is 1. The van der Waals surface area contributed by atoms with Crippen molar-refractivity contribution in [2.45, 2.75) is 45.7 Å². The lowest BCUT2D eigenvalue weighted by Gasteiger charge is -2.35. The van der Waals surface area contributed by atoms with Gasteiger partial charge in [-0.25, -0.2) is 0 Å². The summed E-state index contributed by atoms with van der Waals surface area (Å²) in [6, 6.07) is 6.55. The second-order valence-electron chi connectivity index (χ2n) is 7.45. The number of halogens is 1. The maximum absolute atomic E-state index is 12.4. The van der Waals surface area contributed by atoms with Crippen LogP contribution < -0.4 is 5.32 Å². The van der Waals surface area contributed by atoms with Crippen LogP contribution in [0.1, 0.15) is 42.5 Å². The molecule has 1 fully saturated rings. The van der Waals surface area contributed by atoms with E-state index in [0.717, 1.165) is 31.5 Å². The molecule has 7 heteroatoms. The first-order valence-corrected chi connectivity index (χ1v) is 9.27. The number of piperidine rings is 1. The highest BCUT2D eigenvalue weighted by atomic mass is 35.5. The van der Waals surface area contributed by atoms with Crippen LogP contribution in [0.5, 0.6) is 0 Å². The minimum absolute atomic E-state index is 0. The number of benzene rings is 1. The van der Waals surface area contributed by atoms with Gasteiger partial charge in [-0.15, -0.1) is 12.4 Å². The van der Waals surface area contributed by atoms with E-state index in [1.54, 1.807) is 0 Å². The average Bonchev–Trinajstić information content (AvgIpc) is 2.57. The molecule has 2 N–H and O–H groups in total. The van der Waals surface area contributed by atoms with Gasteiger partial charge in [-0.3, -0.25) is 19.4 Å². The predicted octanol–water partition coefficient (Wildman–Crippen LogP) is 2.38. The fourth-order valence-corrected chi connectivity index (χ4v) is 3.47. The molecule has 0 spiro atoms. The Morgan fingerprint density at radius 2 is 1.89 bits per heavy atom. The minimum atomic E-state index is -0.797. The third-order valence-electron chi connectivity index (χ3n) is 5.34. The Morgan fingerprint density at radius 1 is 1.26 bits per heavy atom. The number of aryl methyl sites for hydroxylation is 2. The Kier molecular flexibility index (Phi) is 9.22. The molecule has 0 aromatic heterocycles. The van der Waals surface area contributed by atoms with Crippen LogP contribution >= 0.6 is 12.4 Å². The van der Waals surface area contributed by atoms with Gasteiger partial charge < -0.3 is 10.4 Å². The summed E-state index contributed by atoms with van der Waals surface area (Å²) in [6.07, 6.45) is 1.79. The molecule has 2 rings (SSSR count). The van der Waals surface area contributed by atoms with Crippen molar-refractivity contribution in [3.63, 3.8) is 0 Å². The van der Waals surface area contributed by atoms with Crippen molar-refractivity contribution < 1.29 is 14.7 Å². The number of amides is 1. The van der Waals surface area contributed by atoms with Gasteiger partial charge >= 0.3 is 5.97 Å². The summed E-state index contributed by atoms with van der Waals surface area (Å²) < 4.78 is 0. The second-order valence-corrected chi connectivity index (χ2v) is 7.45. The van der Waals surface area contributed by atoms with Crippen molar-refractivity contribution in [3.8, 4) is 0 Å². The Balaban J connectivity index is 0.00000364. The molecule has 0 bridgehead atoms. The van der Waals surface area contributed by atoms with Crippen molar-refractivity contribution in [1.82, 2.24) is 15.1 Å². The van der Waals surface area contributed by atoms with Crippen molar-refractivity contribution in [1.29, 1.82) is 0 Å². The number of carbonyl (C=O) groups is 2. The normalized spacial score (nSPS) is 16.6. The summed E-state index contributed by atoms with van der Waals surface area (Å²) in [5.41, 5.74) is 3.61. The Bertz CT molecular complexity index is 645. The number of likely N-dealkylation sites (N-methyl/N-ethyl adjacent to an activating group) is 1. The predicted molar refractivity (Wildman–Crippen MR) is 109 cm³/mol. The number of carbonyl (C=O) groups excluding carboxylic acids is 1. The number of nitrogens with zero attached hydrogens (tertiary/aromatic N) is 2. The van der Waals surface area contributed by atoms with Crippen molar-refractivity contribution in [3.05, 3.63) is 34.9 Å². The topological polar surface area (TPSA) is 72.9 Å². The molecule has 1 aliphatic heterocycles. The number of rotatable bonds is 7. The van der Waals surface area contributed by atoms with E-state index in [1.807, 2.05) is 18.9 Å². The van der Waals surface area contributed by atoms with Crippen LogP contribution in [0.4, 0.5) is 0 Å². The number of carboxylic acid groups (broad SMARTS) is 1. The first-order chi connectivity index (χ1) is 12.3. The van der Waals surface area contributed by atoms with Crippen LogP contribution in [-0.4, -0.2) is 66.1 Å². The van der Waals surface area contributed by atoms with E-state index in [4.69, 9.17) is 5.11 Å². The van der Waals surface area contributed by atoms with E-state index in [2.05, 4.69) is 42.3 Å². The fraction of sp³-hybridized carbons (Fsp3) is 0.600. The molecule has 0 saturated carbocycles. The summed E-state index contributed by atoms with van der Waals surface area (Å²) in [6.45, 7) is 8.27. The van der Waals surface area contributed by atoms with Gasteiger partial charge in [-0.1, -0.05) is 18.2 Å². The monoisotopic (exact) mass is 397 g/mol. The van der Waals surface area contributed by atoms with Gasteiger partial charge in [0.25, 0.3) is 0 Å². The molecular formula is C20H32ClN3O3. The highest BCUT2D eigenvalue weighted by Gasteiger charge is 2.24. The molecule has 152 valence electrons. The van der Waals surface area contributed by atoms with Crippen molar-refractivity contribution >= 4 is 24.3 Å². The van der Waals surface area contributed by atoms with Gasteiger partial charge in [-0.2, -0.15) is 0 Å². The van der Waals surface area contributed by atoms with E-state index in [-0.39, 0.29) is 36.9 Å². The molecule has 0 radical (unpaired) electrons. The highest BCUT2D eigenvalue weighted by molar-refractivity contribution is 5.85. The van der Waals surface area contributed by atoms with E-state index in [1.165, 1.54) is 11.1 Å². The molecule has 27 heavy (non-hydrogen) atoms. The second kappa shape index (κ2) is 10.6. The van der Waals surface area contributed by atoms with E-state index >= 15 is 0 Å². The lowest BCUT2D eigenvalue weighted by Crippen LogP contribution is -2.47. The highest BCUT2D eigenvalue weighted by Crippen LogP contribution is 2.18. The number of likely N-dealkylation sites (tertiary alicyclic amines) is 1. The molecule has 6 nitrogen and oxygen atoms in total. The first kappa shape index (κ1) is 23.4. The summed E-state index contributed by atoms with van der Waals surface area (Å²) in [5, 5.41) is 12.0. The molecule has 1 amide bonds. The largest absolute Gasteiger partial charge is 0.480 e. The molecule has 1 aliphatic rings. The molecule has 1 aromatic carbocycles. The van der Waals surface area contributed by atoms with E-state index in [9.17, 15) is 9.59 Å². The van der Waals surface area contributed by atoms with E-state index in [0.29, 0.717) is 6.54 Å². The summed E-state index contributed by atoms with van der Waals surface area (Å²) >= 11 is 0. The molecule has 1 heterocycles. The number of carboxylic acids is 1. The molecule has 0 aliphatic carbocycles. The average molecular weight is 398 g/mol. The van der Waals surface area contributed by atoms with Gasteiger partial charge in [0, 0.05) is 19.1 Å². The number of hydrogen-bond donors (Lipinski definition) is 2. The van der Waals surface area contributed by atoms with Crippen molar-refractivity contribution in [2.24, 2.45) is 0 Å². The van der Waals surface area contributed by atoms with Gasteiger partial charge in [0.15, 0.2) is 0 Å². The third kappa shape index (κ3) is 7.13. The molecule has 1 atom stereocenters. The summed E-state index contributed by atoms with van der Waals surface area (Å²) in [7, 11) is 1.85. The van der Waals surface area contributed by atoms with Crippen LogP contribution in [0.3, 0.4) is 0 Å². The van der Waals surface area contributed by atoms with Crippen LogP contribution in [0.2, 0.25) is 0 Å². The van der Waals surface area contributed by atoms with Crippen LogP contribution in [-0.2, 0) is 9.59 Å². The zero-order chi connectivity index (χ0) is 19.3. The quantitative estimate of drug-likeness (QED) is 0.739. The van der Waals surface area contributed by atoms with E-state index < -0.39 is 5.97 Å². The van der Waals surface area contributed by atoms with Gasteiger partial charge in [0.2, 0.25) is 5.91 Å². The number of aliphatic carboxylic acids is 1. The maximum atomic E-state index is 12.4. The minimum Gasteiger partial charge on any atom is -0.480 e. The zero-order valence-corrected chi connectivity index (χ0v) is 17.5. The van der Waals surface area contributed by atoms with Gasteiger partial charge in [0.1, 0.15) is 0 Å². The standard InChI is InChI=1S/C20H31N3O3.ClH/c1-14-5-6-17(11-15(14)2)16(3)21-19(24)12-23-9-7-18(8-10-23)22(4)13-20(25)26;/h5-6,11,16,18H,7-10,12-13H2,1-4H3,(H,21,24)(H,25,26);1H. The zero-order valence-electron chi connectivity index (χ0n) is 16.7. The van der Waals surface area contributed by atoms with Crippen molar-refractivity contribution in [2.75, 3.05) is 33.2 Å². The van der Waals surface area contributed by atoms with Gasteiger partial charge in [0.05, 0.1) is 19.1 Å². The lowest BCUT2D eigenvalue weighted by molar-refractivity contribution is -0.138. The lowest BCUT2D eigenvalue weighted by atomic mass is 10.0. The van der Waals surface area contributed by atoms with Gasteiger partial charge in [-0.05, 0) is 57.4 Å². The molecule has 1 saturated heterocycles. The van der Waals surface area contributed by atoms with Crippen LogP contribution in [0.25, 0.3) is 0 Å². The first-order valence-electron chi connectivity index (χ1n) is 9.27. The molecular weight excluding hydrogens is 366 g/mol. The Labute approximate surface area is 168 Å². The molecule has 1 unspecified atom stereocenters. The Hall–Kier alpha value is -1.63. The molecule has 1 aromatic rings.